The number of alkyl halides is 3. The van der Waals surface area contributed by atoms with Gasteiger partial charge >= 0.3 is 12.2 Å². The maximum Gasteiger partial charge on any atom is 0.417 e. The average molecular weight is 461 g/mol. The number of halogens is 4. The van der Waals surface area contributed by atoms with Crippen molar-refractivity contribution < 1.29 is 22.8 Å². The number of nitrogens with one attached hydrogen (secondary N) is 3. The van der Waals surface area contributed by atoms with Crippen LogP contribution in [0, 0.1) is 0 Å². The fraction of sp³-hybridized carbons (Fsp3) is 0.0455. The van der Waals surface area contributed by atoms with Crippen molar-refractivity contribution in [3.63, 3.8) is 0 Å². The summed E-state index contributed by atoms with van der Waals surface area (Å²) in [4.78, 5) is 27.6. The second-order valence-corrected chi connectivity index (χ2v) is 6.88. The normalized spacial score (nSPS) is 10.9. The first-order valence-electron chi connectivity index (χ1n) is 9.10. The minimum Gasteiger partial charge on any atom is -0.308 e. The monoisotopic (exact) mass is 460 g/mol. The van der Waals surface area contributed by atoms with Gasteiger partial charge in [0.2, 0.25) is 5.91 Å². The molecule has 3 aromatic rings. The Bertz CT molecular complexity index is 1150. The Kier molecular flexibility index (Phi) is 6.79. The van der Waals surface area contributed by atoms with Crippen molar-refractivity contribution >= 4 is 40.7 Å². The van der Waals surface area contributed by atoms with Crippen LogP contribution in [-0.4, -0.2) is 16.9 Å². The molecular formula is C22H16ClF3N4O2. The Hall–Kier alpha value is -3.85. The molecule has 0 bridgehead atoms. The molecule has 0 spiro atoms. The third-order valence-corrected chi connectivity index (χ3v) is 4.54. The Balaban J connectivity index is 1.64. The largest absolute Gasteiger partial charge is 0.417 e. The van der Waals surface area contributed by atoms with E-state index in [9.17, 15) is 22.8 Å². The Morgan fingerprint density at radius 1 is 0.906 bits per heavy atom. The van der Waals surface area contributed by atoms with Gasteiger partial charge in [-0.25, -0.2) is 9.78 Å². The Morgan fingerprint density at radius 3 is 2.12 bits per heavy atom. The van der Waals surface area contributed by atoms with Gasteiger partial charge in [-0.1, -0.05) is 30.3 Å². The Labute approximate surface area is 186 Å². The highest BCUT2D eigenvalue weighted by molar-refractivity contribution is 6.31. The summed E-state index contributed by atoms with van der Waals surface area (Å²) in [5.74, 6) is 0.0108. The number of rotatable bonds is 5. The van der Waals surface area contributed by atoms with Gasteiger partial charge in [0.1, 0.15) is 5.82 Å². The van der Waals surface area contributed by atoms with E-state index in [1.807, 2.05) is 0 Å². The first-order chi connectivity index (χ1) is 15.2. The number of benzene rings is 2. The molecule has 10 heteroatoms. The second-order valence-electron chi connectivity index (χ2n) is 6.47. The number of hydrogen-bond acceptors (Lipinski definition) is 3. The number of carbonyl (C=O) groups excluding carboxylic acids is 2. The highest BCUT2D eigenvalue weighted by Gasteiger charge is 2.33. The number of amides is 3. The van der Waals surface area contributed by atoms with E-state index in [1.54, 1.807) is 42.6 Å². The molecule has 32 heavy (non-hydrogen) atoms. The minimum absolute atomic E-state index is 0.0504. The van der Waals surface area contributed by atoms with Crippen LogP contribution in [0.3, 0.4) is 0 Å². The molecule has 0 aliphatic heterocycles. The summed E-state index contributed by atoms with van der Waals surface area (Å²) in [6.07, 6.45) is -1.92. The number of urea groups is 1. The van der Waals surface area contributed by atoms with Crippen LogP contribution in [0.5, 0.6) is 0 Å². The predicted molar refractivity (Wildman–Crippen MR) is 118 cm³/mol. The van der Waals surface area contributed by atoms with E-state index in [0.29, 0.717) is 11.5 Å². The smallest absolute Gasteiger partial charge is 0.308 e. The van der Waals surface area contributed by atoms with Crippen LogP contribution in [-0.2, 0) is 11.0 Å². The lowest BCUT2D eigenvalue weighted by Gasteiger charge is -2.12. The van der Waals surface area contributed by atoms with E-state index in [-0.39, 0.29) is 11.6 Å². The maximum atomic E-state index is 12.9. The highest BCUT2D eigenvalue weighted by Crippen LogP contribution is 2.36. The number of pyridine rings is 1. The van der Waals surface area contributed by atoms with Gasteiger partial charge in [0.15, 0.2) is 0 Å². The third-order valence-electron chi connectivity index (χ3n) is 4.21. The molecule has 0 radical (unpaired) electrons. The van der Waals surface area contributed by atoms with E-state index in [4.69, 9.17) is 11.6 Å². The quantitative estimate of drug-likeness (QED) is 0.397. The lowest BCUT2D eigenvalue weighted by molar-refractivity contribution is -0.137. The lowest BCUT2D eigenvalue weighted by Crippen LogP contribution is -2.19. The van der Waals surface area contributed by atoms with Crippen LogP contribution in [0.25, 0.3) is 11.1 Å². The standard InChI is InChI=1S/C22H16ClF3N4O2/c1-2-20(31)30-19-10-5-14(12-27-19)13-3-6-15(7-4-13)28-21(32)29-16-8-9-18(23)17(11-16)22(24,25)26/h2-12H,1H2,(H,27,30,31)(H2,28,29,32). The molecule has 1 heterocycles. The van der Waals surface area contributed by atoms with Crippen molar-refractivity contribution in [2.45, 2.75) is 6.18 Å². The van der Waals surface area contributed by atoms with E-state index >= 15 is 0 Å². The molecule has 0 saturated carbocycles. The summed E-state index contributed by atoms with van der Waals surface area (Å²) in [5.41, 5.74) is 0.922. The molecule has 1 aromatic heterocycles. The molecule has 3 N–H and O–H groups in total. The third kappa shape index (κ3) is 5.86. The molecule has 3 amide bonds. The minimum atomic E-state index is -4.63. The van der Waals surface area contributed by atoms with E-state index in [1.165, 1.54) is 6.07 Å². The molecule has 164 valence electrons. The zero-order valence-electron chi connectivity index (χ0n) is 16.3. The number of nitrogens with zero attached hydrogens (tertiary/aromatic N) is 1. The molecular weight excluding hydrogens is 445 g/mol. The SMILES string of the molecule is C=CC(=O)Nc1ccc(-c2ccc(NC(=O)Nc3ccc(Cl)c(C(F)(F)F)c3)cc2)cn1. The average Bonchev–Trinajstić information content (AvgIpc) is 2.75. The fourth-order valence-electron chi connectivity index (χ4n) is 2.68. The topological polar surface area (TPSA) is 83.1 Å². The van der Waals surface area contributed by atoms with Crippen LogP contribution < -0.4 is 16.0 Å². The van der Waals surface area contributed by atoms with Gasteiger partial charge in [-0.2, -0.15) is 13.2 Å². The number of anilines is 3. The molecule has 2 aromatic carbocycles. The number of carbonyl (C=O) groups is 2. The molecule has 3 rings (SSSR count). The van der Waals surface area contributed by atoms with E-state index in [2.05, 4.69) is 27.5 Å². The van der Waals surface area contributed by atoms with E-state index in [0.717, 1.165) is 29.3 Å². The molecule has 0 saturated heterocycles. The highest BCUT2D eigenvalue weighted by atomic mass is 35.5. The number of aromatic nitrogens is 1. The molecule has 0 atom stereocenters. The second kappa shape index (κ2) is 9.52. The van der Waals surface area contributed by atoms with Gasteiger partial charge in [-0.15, -0.1) is 0 Å². The number of hydrogen-bond donors (Lipinski definition) is 3. The maximum absolute atomic E-state index is 12.9. The van der Waals surface area contributed by atoms with Gasteiger partial charge < -0.3 is 16.0 Å². The lowest BCUT2D eigenvalue weighted by atomic mass is 10.1. The summed E-state index contributed by atoms with van der Waals surface area (Å²) >= 11 is 5.57. The molecule has 0 aliphatic rings. The van der Waals surface area contributed by atoms with Crippen molar-refractivity contribution in [3.05, 3.63) is 84.0 Å². The van der Waals surface area contributed by atoms with Gasteiger partial charge in [0.05, 0.1) is 10.6 Å². The molecule has 0 unspecified atom stereocenters. The van der Waals surface area contributed by atoms with Crippen LogP contribution in [0.2, 0.25) is 5.02 Å². The van der Waals surface area contributed by atoms with Gasteiger partial charge in [-0.05, 0) is 54.1 Å². The summed E-state index contributed by atoms with van der Waals surface area (Å²) in [7, 11) is 0. The van der Waals surface area contributed by atoms with E-state index < -0.39 is 22.8 Å². The van der Waals surface area contributed by atoms with Crippen molar-refractivity contribution in [3.8, 4) is 11.1 Å². The van der Waals surface area contributed by atoms with Crippen LogP contribution in [0.15, 0.2) is 73.4 Å². The van der Waals surface area contributed by atoms with Crippen LogP contribution in [0.4, 0.5) is 35.2 Å². The summed E-state index contributed by atoms with van der Waals surface area (Å²) in [6, 6.07) is 12.5. The van der Waals surface area contributed by atoms with Gasteiger partial charge in [0.25, 0.3) is 0 Å². The molecule has 0 aliphatic carbocycles. The van der Waals surface area contributed by atoms with Crippen LogP contribution >= 0.6 is 11.6 Å². The molecule has 0 fully saturated rings. The van der Waals surface area contributed by atoms with Crippen molar-refractivity contribution in [2.75, 3.05) is 16.0 Å². The first kappa shape index (κ1) is 22.8. The summed E-state index contributed by atoms with van der Waals surface area (Å²) in [6.45, 7) is 3.37. The van der Waals surface area contributed by atoms with Crippen molar-refractivity contribution in [1.82, 2.24) is 4.98 Å². The summed E-state index contributed by atoms with van der Waals surface area (Å²) < 4.78 is 38.8. The predicted octanol–water partition coefficient (Wildman–Crippen LogP) is 6.19. The Morgan fingerprint density at radius 2 is 1.53 bits per heavy atom. The fourth-order valence-corrected chi connectivity index (χ4v) is 2.90. The van der Waals surface area contributed by atoms with Crippen molar-refractivity contribution in [2.24, 2.45) is 0 Å². The summed E-state index contributed by atoms with van der Waals surface area (Å²) in [5, 5.41) is 6.97. The first-order valence-corrected chi connectivity index (χ1v) is 9.48. The van der Waals surface area contributed by atoms with Gasteiger partial charge in [0, 0.05) is 23.1 Å². The van der Waals surface area contributed by atoms with Crippen molar-refractivity contribution in [1.29, 1.82) is 0 Å². The zero-order valence-corrected chi connectivity index (χ0v) is 17.1. The zero-order chi connectivity index (χ0) is 23.3. The van der Waals surface area contributed by atoms with Gasteiger partial charge in [-0.3, -0.25) is 4.79 Å². The molecule has 6 nitrogen and oxygen atoms in total. The van der Waals surface area contributed by atoms with Crippen LogP contribution in [0.1, 0.15) is 5.56 Å².